The van der Waals surface area contributed by atoms with Crippen molar-refractivity contribution in [3.63, 3.8) is 0 Å². The van der Waals surface area contributed by atoms with Crippen molar-refractivity contribution in [2.75, 3.05) is 0 Å². The first-order valence-corrected chi connectivity index (χ1v) is 22.8. The van der Waals surface area contributed by atoms with E-state index < -0.39 is 0 Å². The molecule has 2 atom stereocenters. The number of benzene rings is 7. The van der Waals surface area contributed by atoms with Crippen molar-refractivity contribution < 1.29 is 0 Å². The van der Waals surface area contributed by atoms with Crippen molar-refractivity contribution in [3.8, 4) is 27.9 Å². The zero-order chi connectivity index (χ0) is 42.5. The van der Waals surface area contributed by atoms with E-state index in [2.05, 4.69) is 212 Å². The maximum Gasteiger partial charge on any atom is 0.145 e. The third-order valence-electron chi connectivity index (χ3n) is 14.4. The van der Waals surface area contributed by atoms with Crippen LogP contribution in [0, 0.1) is 5.92 Å². The van der Waals surface area contributed by atoms with Gasteiger partial charge in [-0.25, -0.2) is 0 Å². The fraction of sp³-hybridized carbons (Fsp3) is 0.133. The van der Waals surface area contributed by atoms with Crippen LogP contribution >= 0.6 is 0 Å². The molecule has 1 aromatic heterocycles. The maximum absolute atomic E-state index is 5.74. The standard InChI is InChI=1S/C60H46N4/c1-60(2)51-36-47(38-19-7-4-8-20-38)46(37-17-5-3-6-18-37)35-50(51)56-57(52-28-13-14-30-61-52)62-59(63-58(56)60)45-27-15-26-44-43(45)25-16-29-53(44)64-54-33-41-23-11-9-21-39(41)31-48(54)49-32-40-22-10-12-24-42(40)34-55(49)64/h3-12,15-33,35-36,42,59,63H,13-14,34H2,1-2H3. The molecule has 0 radical (unpaired) electrons. The zero-order valence-electron chi connectivity index (χ0n) is 36.0. The molecule has 0 saturated heterocycles. The minimum absolute atomic E-state index is 0.328. The van der Waals surface area contributed by atoms with Crippen LogP contribution in [-0.2, 0) is 11.8 Å². The summed E-state index contributed by atoms with van der Waals surface area (Å²) in [6.45, 7) is 4.75. The molecule has 0 spiro atoms. The Hall–Kier alpha value is -7.56. The Morgan fingerprint density at radius 2 is 1.41 bits per heavy atom. The molecular weight excluding hydrogens is 777 g/mol. The van der Waals surface area contributed by atoms with Gasteiger partial charge >= 0.3 is 0 Å². The van der Waals surface area contributed by atoms with Crippen molar-refractivity contribution in [1.82, 2.24) is 9.88 Å². The van der Waals surface area contributed by atoms with Gasteiger partial charge in [0.15, 0.2) is 0 Å². The average Bonchev–Trinajstić information content (AvgIpc) is 3.77. The summed E-state index contributed by atoms with van der Waals surface area (Å²) in [6.07, 6.45) is 18.3. The number of nitrogens with zero attached hydrogens (tertiary/aromatic N) is 3. The van der Waals surface area contributed by atoms with Crippen LogP contribution in [0.1, 0.15) is 60.8 Å². The van der Waals surface area contributed by atoms with E-state index in [-0.39, 0.29) is 11.6 Å². The second-order valence-corrected chi connectivity index (χ2v) is 18.4. The first-order chi connectivity index (χ1) is 31.5. The van der Waals surface area contributed by atoms with Crippen LogP contribution in [-0.4, -0.2) is 16.5 Å². The molecule has 0 fully saturated rings. The van der Waals surface area contributed by atoms with Gasteiger partial charge in [-0.15, -0.1) is 0 Å². The highest BCUT2D eigenvalue weighted by molar-refractivity contribution is 6.34. The summed E-state index contributed by atoms with van der Waals surface area (Å²) in [4.78, 5) is 10.8. The Morgan fingerprint density at radius 1 is 0.672 bits per heavy atom. The lowest BCUT2D eigenvalue weighted by atomic mass is 9.81. The predicted octanol–water partition coefficient (Wildman–Crippen LogP) is 14.4. The molecule has 2 aliphatic heterocycles. The first kappa shape index (κ1) is 37.0. The summed E-state index contributed by atoms with van der Waals surface area (Å²) in [7, 11) is 0. The van der Waals surface area contributed by atoms with Gasteiger partial charge in [0, 0.05) is 56.4 Å². The van der Waals surface area contributed by atoms with Gasteiger partial charge in [0.25, 0.3) is 0 Å². The summed E-state index contributed by atoms with van der Waals surface area (Å²) in [5, 5.41) is 10.3. The Kier molecular flexibility index (Phi) is 8.24. The Labute approximate surface area is 373 Å². The van der Waals surface area contributed by atoms with E-state index in [1.54, 1.807) is 0 Å². The molecule has 306 valence electrons. The third kappa shape index (κ3) is 5.61. The number of aromatic nitrogens is 1. The fourth-order valence-corrected chi connectivity index (χ4v) is 11.2. The topological polar surface area (TPSA) is 41.7 Å². The molecule has 5 aliphatic rings. The highest BCUT2D eigenvalue weighted by atomic mass is 15.1. The lowest BCUT2D eigenvalue weighted by molar-refractivity contribution is 0.518. The number of hydrogen-bond acceptors (Lipinski definition) is 3. The van der Waals surface area contributed by atoms with Crippen molar-refractivity contribution in [1.29, 1.82) is 0 Å². The van der Waals surface area contributed by atoms with Gasteiger partial charge in [-0.1, -0.05) is 159 Å². The normalized spacial score (nSPS) is 19.2. The SMILES string of the molecule is CC1(C)C2=C(C(C3=CCCC=N3)=NC(c3cccc4c(-n5c6c(c7cc8ccccc8cc75)C=C5C=CC=CC5C6)cccc34)N2)c2cc(-c3ccccc3)c(-c3ccccc3)cc21. The molecule has 3 heterocycles. The van der Waals surface area contributed by atoms with Crippen LogP contribution in [0.15, 0.2) is 203 Å². The number of nitrogens with one attached hydrogen (secondary N) is 1. The molecule has 7 aromatic carbocycles. The average molecular weight is 823 g/mol. The quantitative estimate of drug-likeness (QED) is 0.185. The lowest BCUT2D eigenvalue weighted by Crippen LogP contribution is -2.34. The second-order valence-electron chi connectivity index (χ2n) is 18.4. The van der Waals surface area contributed by atoms with E-state index in [9.17, 15) is 0 Å². The van der Waals surface area contributed by atoms with Crippen molar-refractivity contribution in [3.05, 3.63) is 221 Å². The number of rotatable bonds is 5. The maximum atomic E-state index is 5.74. The number of hydrogen-bond donors (Lipinski definition) is 1. The van der Waals surface area contributed by atoms with E-state index in [1.807, 2.05) is 0 Å². The van der Waals surface area contributed by atoms with Crippen LogP contribution in [0.2, 0.25) is 0 Å². The molecule has 1 N–H and O–H groups in total. The molecule has 0 bridgehead atoms. The highest BCUT2D eigenvalue weighted by Crippen LogP contribution is 2.53. The molecule has 13 rings (SSSR count). The van der Waals surface area contributed by atoms with Crippen LogP contribution in [0.3, 0.4) is 0 Å². The van der Waals surface area contributed by atoms with E-state index >= 15 is 0 Å². The largest absolute Gasteiger partial charge is 0.362 e. The van der Waals surface area contributed by atoms with Gasteiger partial charge in [-0.3, -0.25) is 9.98 Å². The van der Waals surface area contributed by atoms with Gasteiger partial charge in [0.05, 0.1) is 22.6 Å². The monoisotopic (exact) mass is 822 g/mol. The van der Waals surface area contributed by atoms with Crippen molar-refractivity contribution in [2.24, 2.45) is 15.9 Å². The Bertz CT molecular complexity index is 3510. The number of fused-ring (bicyclic) bond motifs is 8. The van der Waals surface area contributed by atoms with Crippen LogP contribution in [0.4, 0.5) is 0 Å². The molecule has 3 aliphatic carbocycles. The summed E-state index contributed by atoms with van der Waals surface area (Å²) in [5.74, 6) is 0.352. The molecule has 4 nitrogen and oxygen atoms in total. The van der Waals surface area contributed by atoms with E-state index in [0.29, 0.717) is 5.92 Å². The first-order valence-electron chi connectivity index (χ1n) is 22.8. The predicted molar refractivity (Wildman–Crippen MR) is 268 cm³/mol. The second kappa shape index (κ2) is 14.2. The van der Waals surface area contributed by atoms with Gasteiger partial charge in [0.2, 0.25) is 0 Å². The molecule has 4 heteroatoms. The highest BCUT2D eigenvalue weighted by Gasteiger charge is 2.44. The van der Waals surface area contributed by atoms with Gasteiger partial charge in [-0.05, 0) is 111 Å². The van der Waals surface area contributed by atoms with Crippen LogP contribution in [0.5, 0.6) is 0 Å². The van der Waals surface area contributed by atoms with Gasteiger partial charge in [0.1, 0.15) is 6.17 Å². The zero-order valence-corrected chi connectivity index (χ0v) is 36.0. The summed E-state index contributed by atoms with van der Waals surface area (Å²) < 4.78 is 2.57. The molecule has 64 heavy (non-hydrogen) atoms. The summed E-state index contributed by atoms with van der Waals surface area (Å²) in [6, 6.07) is 53.7. The van der Waals surface area contributed by atoms with Gasteiger partial charge < -0.3 is 9.88 Å². The number of allylic oxidation sites excluding steroid dienone is 8. The fourth-order valence-electron chi connectivity index (χ4n) is 11.2. The smallest absolute Gasteiger partial charge is 0.145 e. The Balaban J connectivity index is 0.997. The Morgan fingerprint density at radius 3 is 2.19 bits per heavy atom. The minimum atomic E-state index is -0.335. The summed E-state index contributed by atoms with van der Waals surface area (Å²) in [5.41, 5.74) is 19.0. The molecular formula is C60H46N4. The molecule has 0 amide bonds. The molecule has 2 unspecified atom stereocenters. The van der Waals surface area contributed by atoms with Gasteiger partial charge in [-0.2, -0.15) is 0 Å². The summed E-state index contributed by atoms with van der Waals surface area (Å²) >= 11 is 0. The van der Waals surface area contributed by atoms with Crippen molar-refractivity contribution >= 4 is 56.0 Å². The van der Waals surface area contributed by atoms with Crippen molar-refractivity contribution in [2.45, 2.75) is 44.7 Å². The minimum Gasteiger partial charge on any atom is -0.362 e. The lowest BCUT2D eigenvalue weighted by Gasteiger charge is -2.33. The van der Waals surface area contributed by atoms with Crippen LogP contribution in [0.25, 0.3) is 72.0 Å². The van der Waals surface area contributed by atoms with Crippen LogP contribution < -0.4 is 5.32 Å². The van der Waals surface area contributed by atoms with E-state index in [4.69, 9.17) is 9.98 Å². The van der Waals surface area contributed by atoms with E-state index in [1.165, 1.54) is 94.0 Å². The molecule has 8 aromatic rings. The van der Waals surface area contributed by atoms with E-state index in [0.717, 1.165) is 41.8 Å². The number of aliphatic imine (C=N–C) groups is 2. The third-order valence-corrected chi connectivity index (χ3v) is 14.4. The molecule has 0 saturated carbocycles.